The van der Waals surface area contributed by atoms with E-state index in [1.165, 1.54) is 5.69 Å². The summed E-state index contributed by atoms with van der Waals surface area (Å²) in [6.07, 6.45) is 3.60. The number of nitrogens with zero attached hydrogens (tertiary/aromatic N) is 2. The number of hydrogen-bond acceptors (Lipinski definition) is 3. The lowest BCUT2D eigenvalue weighted by Gasteiger charge is -2.17. The number of halogens is 1. The van der Waals surface area contributed by atoms with Crippen molar-refractivity contribution < 1.29 is 4.42 Å². The third-order valence-corrected chi connectivity index (χ3v) is 4.11. The summed E-state index contributed by atoms with van der Waals surface area (Å²) in [5, 5.41) is 8.14. The minimum Gasteiger partial charge on any atom is -0.457 e. The number of aromatic nitrogens is 2. The van der Waals surface area contributed by atoms with E-state index < -0.39 is 0 Å². The lowest BCUT2D eigenvalue weighted by atomic mass is 10.0. The molecule has 0 saturated heterocycles. The molecule has 2 aromatic rings. The summed E-state index contributed by atoms with van der Waals surface area (Å²) < 4.78 is 8.27. The van der Waals surface area contributed by atoms with E-state index in [1.54, 1.807) is 6.26 Å². The van der Waals surface area contributed by atoms with Crippen LogP contribution in [0.4, 0.5) is 0 Å². The molecule has 1 unspecified atom stereocenters. The molecule has 20 heavy (non-hydrogen) atoms. The van der Waals surface area contributed by atoms with Crippen LogP contribution in [0.3, 0.4) is 0 Å². The number of rotatable bonds is 7. The van der Waals surface area contributed by atoms with E-state index in [9.17, 15) is 0 Å². The van der Waals surface area contributed by atoms with Gasteiger partial charge in [-0.05, 0) is 48.0 Å². The van der Waals surface area contributed by atoms with Gasteiger partial charge in [0.05, 0.1) is 12.0 Å². The zero-order valence-electron chi connectivity index (χ0n) is 12.3. The fraction of sp³-hybridized carbons (Fsp3) is 0.533. The molecule has 0 aliphatic carbocycles. The maximum atomic E-state index is 5.37. The van der Waals surface area contributed by atoms with Crippen molar-refractivity contribution in [2.75, 3.05) is 6.54 Å². The Morgan fingerprint density at radius 3 is 2.75 bits per heavy atom. The van der Waals surface area contributed by atoms with Crippen LogP contribution in [0.15, 0.2) is 27.5 Å². The second-order valence-corrected chi connectivity index (χ2v) is 5.48. The summed E-state index contributed by atoms with van der Waals surface area (Å²) in [4.78, 5) is 0. The van der Waals surface area contributed by atoms with E-state index >= 15 is 0 Å². The smallest absolute Gasteiger partial charge is 0.173 e. The second-order valence-electron chi connectivity index (χ2n) is 4.76. The third-order valence-electron chi connectivity index (χ3n) is 3.46. The Balaban J connectivity index is 2.24. The van der Waals surface area contributed by atoms with Crippen LogP contribution < -0.4 is 5.32 Å². The first-order valence-corrected chi connectivity index (χ1v) is 8.00. The Kier molecular flexibility index (Phi) is 5.43. The highest BCUT2D eigenvalue weighted by Gasteiger charge is 2.18. The van der Waals surface area contributed by atoms with Crippen molar-refractivity contribution in [3.63, 3.8) is 0 Å². The van der Waals surface area contributed by atoms with Gasteiger partial charge in [-0.3, -0.25) is 4.68 Å². The molecule has 1 atom stereocenters. The molecule has 4 nitrogen and oxygen atoms in total. The number of nitrogens with one attached hydrogen (secondary N) is 1. The van der Waals surface area contributed by atoms with Gasteiger partial charge in [0.25, 0.3) is 0 Å². The highest BCUT2D eigenvalue weighted by atomic mass is 79.9. The van der Waals surface area contributed by atoms with Gasteiger partial charge in [0.2, 0.25) is 0 Å². The van der Waals surface area contributed by atoms with E-state index in [-0.39, 0.29) is 6.04 Å². The summed E-state index contributed by atoms with van der Waals surface area (Å²) in [6, 6.07) is 4.46. The van der Waals surface area contributed by atoms with Crippen molar-refractivity contribution >= 4 is 15.9 Å². The van der Waals surface area contributed by atoms with Gasteiger partial charge >= 0.3 is 0 Å². The average molecular weight is 340 g/mol. The summed E-state index contributed by atoms with van der Waals surface area (Å²) >= 11 is 3.48. The standard InChI is InChI=1S/C15H22BrN3O/c1-4-11-9-12(19(6-3)18-11)10-14(17-5-2)13-7-8-20-15(13)16/h7-9,14,17H,4-6,10H2,1-3H3. The molecule has 0 spiro atoms. The molecule has 0 aliphatic heterocycles. The van der Waals surface area contributed by atoms with Crippen molar-refractivity contribution in [2.45, 2.75) is 46.2 Å². The molecule has 2 rings (SSSR count). The summed E-state index contributed by atoms with van der Waals surface area (Å²) in [5.41, 5.74) is 3.58. The Morgan fingerprint density at radius 1 is 1.40 bits per heavy atom. The Hall–Kier alpha value is -1.07. The van der Waals surface area contributed by atoms with Gasteiger partial charge in [-0.1, -0.05) is 13.8 Å². The van der Waals surface area contributed by atoms with Gasteiger partial charge in [0, 0.05) is 30.3 Å². The molecule has 0 amide bonds. The third kappa shape index (κ3) is 3.33. The predicted octanol–water partition coefficient (Wildman–Crippen LogP) is 3.71. The highest BCUT2D eigenvalue weighted by Crippen LogP contribution is 2.27. The van der Waals surface area contributed by atoms with Gasteiger partial charge < -0.3 is 9.73 Å². The number of hydrogen-bond donors (Lipinski definition) is 1. The highest BCUT2D eigenvalue weighted by molar-refractivity contribution is 9.10. The quantitative estimate of drug-likeness (QED) is 0.835. The van der Waals surface area contributed by atoms with Crippen LogP contribution in [0.2, 0.25) is 0 Å². The lowest BCUT2D eigenvalue weighted by molar-refractivity contribution is 0.492. The molecule has 5 heteroatoms. The zero-order chi connectivity index (χ0) is 14.5. The number of furan rings is 1. The van der Waals surface area contributed by atoms with E-state index in [0.717, 1.165) is 41.9 Å². The molecule has 0 radical (unpaired) electrons. The van der Waals surface area contributed by atoms with Crippen LogP contribution in [0.1, 0.15) is 43.8 Å². The van der Waals surface area contributed by atoms with E-state index in [4.69, 9.17) is 4.42 Å². The van der Waals surface area contributed by atoms with Gasteiger partial charge in [0.1, 0.15) is 0 Å². The molecule has 110 valence electrons. The van der Waals surface area contributed by atoms with E-state index in [0.29, 0.717) is 0 Å². The summed E-state index contributed by atoms with van der Waals surface area (Å²) in [7, 11) is 0. The van der Waals surface area contributed by atoms with Crippen LogP contribution in [-0.2, 0) is 19.4 Å². The Bertz CT molecular complexity index is 547. The maximum Gasteiger partial charge on any atom is 0.173 e. The van der Waals surface area contributed by atoms with Crippen molar-refractivity contribution in [3.05, 3.63) is 40.0 Å². The van der Waals surface area contributed by atoms with Gasteiger partial charge in [0.15, 0.2) is 4.67 Å². The van der Waals surface area contributed by atoms with Crippen molar-refractivity contribution in [3.8, 4) is 0 Å². The Labute approximate surface area is 128 Å². The van der Waals surface area contributed by atoms with Crippen molar-refractivity contribution in [1.82, 2.24) is 15.1 Å². The largest absolute Gasteiger partial charge is 0.457 e. The molecule has 0 aliphatic rings. The molecule has 2 heterocycles. The molecule has 0 aromatic carbocycles. The average Bonchev–Trinajstić information content (AvgIpc) is 3.04. The van der Waals surface area contributed by atoms with Gasteiger partial charge in [-0.15, -0.1) is 0 Å². The lowest BCUT2D eigenvalue weighted by Crippen LogP contribution is -2.24. The van der Waals surface area contributed by atoms with E-state index in [2.05, 4.69) is 57.9 Å². The summed E-state index contributed by atoms with van der Waals surface area (Å²) in [6.45, 7) is 8.21. The topological polar surface area (TPSA) is 43.0 Å². The Morgan fingerprint density at radius 2 is 2.20 bits per heavy atom. The molecule has 2 aromatic heterocycles. The maximum absolute atomic E-state index is 5.37. The number of aryl methyl sites for hydroxylation is 2. The minimum absolute atomic E-state index is 0.236. The molecule has 0 saturated carbocycles. The minimum atomic E-state index is 0.236. The number of likely N-dealkylation sites (N-methyl/N-ethyl adjacent to an activating group) is 1. The zero-order valence-corrected chi connectivity index (χ0v) is 13.9. The van der Waals surface area contributed by atoms with Crippen LogP contribution in [0.5, 0.6) is 0 Å². The molecule has 0 bridgehead atoms. The van der Waals surface area contributed by atoms with Gasteiger partial charge in [-0.25, -0.2) is 0 Å². The van der Waals surface area contributed by atoms with Gasteiger partial charge in [-0.2, -0.15) is 5.10 Å². The van der Waals surface area contributed by atoms with Crippen molar-refractivity contribution in [2.24, 2.45) is 0 Å². The van der Waals surface area contributed by atoms with Crippen molar-refractivity contribution in [1.29, 1.82) is 0 Å². The first kappa shape index (κ1) is 15.3. The fourth-order valence-corrected chi connectivity index (χ4v) is 2.94. The van der Waals surface area contributed by atoms with Crippen LogP contribution >= 0.6 is 15.9 Å². The van der Waals surface area contributed by atoms with Crippen LogP contribution in [0.25, 0.3) is 0 Å². The molecular formula is C15H22BrN3O. The van der Waals surface area contributed by atoms with E-state index in [1.807, 2.05) is 6.07 Å². The molecule has 0 fully saturated rings. The SMILES string of the molecule is CCNC(Cc1cc(CC)nn1CC)c1ccoc1Br. The predicted molar refractivity (Wildman–Crippen MR) is 83.8 cm³/mol. The summed E-state index contributed by atoms with van der Waals surface area (Å²) in [5.74, 6) is 0. The molecular weight excluding hydrogens is 318 g/mol. The fourth-order valence-electron chi connectivity index (χ4n) is 2.43. The van der Waals surface area contributed by atoms with Crippen LogP contribution in [0, 0.1) is 0 Å². The van der Waals surface area contributed by atoms with Crippen LogP contribution in [-0.4, -0.2) is 16.3 Å². The normalized spacial score (nSPS) is 12.8. The molecule has 1 N–H and O–H groups in total. The monoisotopic (exact) mass is 339 g/mol. The first-order valence-electron chi connectivity index (χ1n) is 7.21. The second kappa shape index (κ2) is 7.09. The first-order chi connectivity index (χ1) is 9.69.